The van der Waals surface area contributed by atoms with Gasteiger partial charge in [0.2, 0.25) is 5.91 Å². The topological polar surface area (TPSA) is 78.4 Å². The number of nitrogens with one attached hydrogen (secondary N) is 2. The zero-order valence-electron chi connectivity index (χ0n) is 11.3. The molecule has 0 aromatic carbocycles. The third kappa shape index (κ3) is 4.05. The smallest absolute Gasteiger partial charge is 0.261 e. The maximum absolute atomic E-state index is 11.8. The standard InChI is InChI=1S/C14H20N2O3S/c17-9-10-3-1-4-11(10)16-13(18)6-7-15-14(19)12-5-2-8-20-12/h2,5,8,10-11,17H,1,3-4,6-7,9H2,(H,15,19)(H,16,18). The van der Waals surface area contributed by atoms with Gasteiger partial charge in [-0.25, -0.2) is 0 Å². The number of hydrogen-bond acceptors (Lipinski definition) is 4. The lowest BCUT2D eigenvalue weighted by Crippen LogP contribution is -2.40. The zero-order valence-corrected chi connectivity index (χ0v) is 12.1. The van der Waals surface area contributed by atoms with Crippen LogP contribution in [0, 0.1) is 5.92 Å². The SMILES string of the molecule is O=C(CCNC(=O)c1cccs1)NC1CCCC1CO. The van der Waals surface area contributed by atoms with Gasteiger partial charge in [0.05, 0.1) is 4.88 Å². The predicted molar refractivity (Wildman–Crippen MR) is 77.6 cm³/mol. The van der Waals surface area contributed by atoms with Crippen LogP contribution in [-0.2, 0) is 4.79 Å². The van der Waals surface area contributed by atoms with Gasteiger partial charge in [0, 0.05) is 31.5 Å². The van der Waals surface area contributed by atoms with E-state index in [0.29, 0.717) is 11.4 Å². The number of aliphatic hydroxyl groups is 1. The van der Waals surface area contributed by atoms with Crippen molar-refractivity contribution in [2.75, 3.05) is 13.2 Å². The minimum Gasteiger partial charge on any atom is -0.396 e. The lowest BCUT2D eigenvalue weighted by molar-refractivity contribution is -0.122. The van der Waals surface area contributed by atoms with Crippen molar-refractivity contribution in [1.82, 2.24) is 10.6 Å². The minimum atomic E-state index is -0.137. The molecule has 110 valence electrons. The van der Waals surface area contributed by atoms with E-state index in [1.165, 1.54) is 11.3 Å². The van der Waals surface area contributed by atoms with Crippen LogP contribution in [0.1, 0.15) is 35.4 Å². The van der Waals surface area contributed by atoms with Crippen molar-refractivity contribution in [3.05, 3.63) is 22.4 Å². The van der Waals surface area contributed by atoms with Gasteiger partial charge < -0.3 is 15.7 Å². The number of carbonyl (C=O) groups excluding carboxylic acids is 2. The van der Waals surface area contributed by atoms with Crippen LogP contribution in [0.3, 0.4) is 0 Å². The van der Waals surface area contributed by atoms with Crippen molar-refractivity contribution in [3.63, 3.8) is 0 Å². The molecule has 6 heteroatoms. The highest BCUT2D eigenvalue weighted by Gasteiger charge is 2.27. The van der Waals surface area contributed by atoms with E-state index in [2.05, 4.69) is 10.6 Å². The van der Waals surface area contributed by atoms with E-state index in [4.69, 9.17) is 0 Å². The molecular formula is C14H20N2O3S. The van der Waals surface area contributed by atoms with Crippen LogP contribution in [0.25, 0.3) is 0 Å². The summed E-state index contributed by atoms with van der Waals surface area (Å²) in [6, 6.07) is 3.66. The van der Waals surface area contributed by atoms with Crippen molar-refractivity contribution >= 4 is 23.2 Å². The first-order valence-corrected chi connectivity index (χ1v) is 7.80. The van der Waals surface area contributed by atoms with Gasteiger partial charge in [0.25, 0.3) is 5.91 Å². The van der Waals surface area contributed by atoms with E-state index < -0.39 is 0 Å². The molecule has 0 spiro atoms. The Hall–Kier alpha value is -1.40. The fourth-order valence-corrected chi connectivity index (χ4v) is 3.15. The molecule has 1 fully saturated rings. The molecule has 0 bridgehead atoms. The highest BCUT2D eigenvalue weighted by atomic mass is 32.1. The number of amides is 2. The van der Waals surface area contributed by atoms with Gasteiger partial charge in [-0.15, -0.1) is 11.3 Å². The molecule has 1 aliphatic carbocycles. The summed E-state index contributed by atoms with van der Waals surface area (Å²) in [7, 11) is 0. The fourth-order valence-electron chi connectivity index (χ4n) is 2.51. The maximum Gasteiger partial charge on any atom is 0.261 e. The molecule has 1 saturated carbocycles. The normalized spacial score (nSPS) is 21.6. The molecule has 20 heavy (non-hydrogen) atoms. The van der Waals surface area contributed by atoms with Crippen molar-refractivity contribution in [2.24, 2.45) is 5.92 Å². The Balaban J connectivity index is 1.66. The summed E-state index contributed by atoms with van der Waals surface area (Å²) in [5.74, 6) is -0.0246. The average Bonchev–Trinajstić information content (AvgIpc) is 3.09. The summed E-state index contributed by atoms with van der Waals surface area (Å²) >= 11 is 1.38. The fraction of sp³-hybridized carbons (Fsp3) is 0.571. The third-order valence-electron chi connectivity index (χ3n) is 3.62. The van der Waals surface area contributed by atoms with Crippen LogP contribution in [0.5, 0.6) is 0 Å². The molecule has 2 atom stereocenters. The summed E-state index contributed by atoms with van der Waals surface area (Å²) in [5.41, 5.74) is 0. The summed E-state index contributed by atoms with van der Waals surface area (Å²) in [4.78, 5) is 24.1. The maximum atomic E-state index is 11.8. The van der Waals surface area contributed by atoms with Gasteiger partial charge >= 0.3 is 0 Å². The molecule has 0 radical (unpaired) electrons. The molecule has 1 aromatic heterocycles. The number of aliphatic hydroxyl groups excluding tert-OH is 1. The quantitative estimate of drug-likeness (QED) is 0.737. The Labute approximate surface area is 122 Å². The minimum absolute atomic E-state index is 0.0678. The molecule has 2 unspecified atom stereocenters. The molecule has 5 nitrogen and oxygen atoms in total. The average molecular weight is 296 g/mol. The summed E-state index contributed by atoms with van der Waals surface area (Å²) in [5, 5.41) is 16.7. The van der Waals surface area contributed by atoms with Crippen LogP contribution < -0.4 is 10.6 Å². The Morgan fingerprint density at radius 1 is 1.40 bits per heavy atom. The van der Waals surface area contributed by atoms with Crippen LogP contribution >= 0.6 is 11.3 Å². The molecule has 1 aromatic rings. The van der Waals surface area contributed by atoms with Gasteiger partial charge in [-0.3, -0.25) is 9.59 Å². The summed E-state index contributed by atoms with van der Waals surface area (Å²) < 4.78 is 0. The van der Waals surface area contributed by atoms with E-state index >= 15 is 0 Å². The number of thiophene rings is 1. The Morgan fingerprint density at radius 3 is 2.95 bits per heavy atom. The van der Waals surface area contributed by atoms with Crippen LogP contribution in [0.15, 0.2) is 17.5 Å². The molecular weight excluding hydrogens is 276 g/mol. The molecule has 1 heterocycles. The number of hydrogen-bond donors (Lipinski definition) is 3. The predicted octanol–water partition coefficient (Wildman–Crippen LogP) is 1.15. The lowest BCUT2D eigenvalue weighted by Gasteiger charge is -2.18. The van der Waals surface area contributed by atoms with Crippen molar-refractivity contribution < 1.29 is 14.7 Å². The number of carbonyl (C=O) groups is 2. The summed E-state index contributed by atoms with van der Waals surface area (Å²) in [6.07, 6.45) is 3.21. The number of rotatable bonds is 6. The first-order valence-electron chi connectivity index (χ1n) is 6.92. The van der Waals surface area contributed by atoms with E-state index in [1.807, 2.05) is 11.4 Å². The van der Waals surface area contributed by atoms with Gasteiger partial charge in [-0.2, -0.15) is 0 Å². The van der Waals surface area contributed by atoms with Crippen molar-refractivity contribution in [3.8, 4) is 0 Å². The van der Waals surface area contributed by atoms with Crippen LogP contribution in [-0.4, -0.2) is 36.1 Å². The first-order chi connectivity index (χ1) is 9.70. The van der Waals surface area contributed by atoms with Gasteiger partial charge in [-0.05, 0) is 24.3 Å². The molecule has 3 N–H and O–H groups in total. The van der Waals surface area contributed by atoms with Gasteiger partial charge in [0.1, 0.15) is 0 Å². The lowest BCUT2D eigenvalue weighted by atomic mass is 10.1. The summed E-state index contributed by atoms with van der Waals surface area (Å²) in [6.45, 7) is 0.457. The van der Waals surface area contributed by atoms with Crippen molar-refractivity contribution in [1.29, 1.82) is 0 Å². The van der Waals surface area contributed by atoms with Gasteiger partial charge in [0.15, 0.2) is 0 Å². The second kappa shape index (κ2) is 7.40. The van der Waals surface area contributed by atoms with E-state index in [-0.39, 0.29) is 36.8 Å². The molecule has 2 amide bonds. The molecule has 0 aliphatic heterocycles. The zero-order chi connectivity index (χ0) is 14.4. The Morgan fingerprint density at radius 2 is 2.25 bits per heavy atom. The Kier molecular flexibility index (Phi) is 5.55. The second-order valence-corrected chi connectivity index (χ2v) is 5.98. The second-order valence-electron chi connectivity index (χ2n) is 5.03. The van der Waals surface area contributed by atoms with Crippen LogP contribution in [0.4, 0.5) is 0 Å². The first kappa shape index (κ1) is 15.0. The van der Waals surface area contributed by atoms with E-state index in [0.717, 1.165) is 19.3 Å². The highest BCUT2D eigenvalue weighted by Crippen LogP contribution is 2.24. The van der Waals surface area contributed by atoms with Crippen LogP contribution in [0.2, 0.25) is 0 Å². The highest BCUT2D eigenvalue weighted by molar-refractivity contribution is 7.12. The molecule has 1 aliphatic rings. The molecule has 2 rings (SSSR count). The van der Waals surface area contributed by atoms with E-state index in [1.54, 1.807) is 6.07 Å². The largest absolute Gasteiger partial charge is 0.396 e. The Bertz CT molecular complexity index is 447. The van der Waals surface area contributed by atoms with E-state index in [9.17, 15) is 14.7 Å². The van der Waals surface area contributed by atoms with Crippen molar-refractivity contribution in [2.45, 2.75) is 31.7 Å². The third-order valence-corrected chi connectivity index (χ3v) is 4.49. The molecule has 0 saturated heterocycles. The van der Waals surface area contributed by atoms with Gasteiger partial charge in [-0.1, -0.05) is 12.5 Å². The monoisotopic (exact) mass is 296 g/mol.